The molecule has 0 aromatic heterocycles. The van der Waals surface area contributed by atoms with Crippen molar-refractivity contribution in [2.24, 2.45) is 0 Å². The maximum absolute atomic E-state index is 10.9. The Morgan fingerprint density at radius 1 is 0.559 bits per heavy atom. The van der Waals surface area contributed by atoms with E-state index in [1.54, 1.807) is 9.80 Å². The standard InChI is InChI=1S/C12H22N4O6.3C2H4O2/c17-10(18)7-14-2-1-13-16(9-12(21)22)6-5-15(4-3-14)8-11(19)20;3*1-2(3)4/h13H,1-9H2,(H,17,18)(H,19,20)(H,21,22);3*1H3,(H,3,4). The molecule has 0 aromatic rings. The Morgan fingerprint density at radius 3 is 1.18 bits per heavy atom. The number of hydrazine groups is 1. The molecule has 0 aromatic carbocycles. The van der Waals surface area contributed by atoms with Crippen LogP contribution in [0.15, 0.2) is 0 Å². The lowest BCUT2D eigenvalue weighted by Gasteiger charge is -2.31. The highest BCUT2D eigenvalue weighted by Gasteiger charge is 2.18. The van der Waals surface area contributed by atoms with Crippen LogP contribution in [0.1, 0.15) is 20.8 Å². The number of carboxylic acid groups (broad SMARTS) is 6. The predicted molar refractivity (Wildman–Crippen MR) is 115 cm³/mol. The number of hydrogen-bond acceptors (Lipinski definition) is 10. The van der Waals surface area contributed by atoms with Gasteiger partial charge in [0, 0.05) is 60.0 Å². The summed E-state index contributed by atoms with van der Waals surface area (Å²) >= 11 is 0. The first-order valence-corrected chi connectivity index (χ1v) is 9.73. The van der Waals surface area contributed by atoms with Crippen molar-refractivity contribution in [3.05, 3.63) is 0 Å². The second-order valence-electron chi connectivity index (χ2n) is 6.62. The van der Waals surface area contributed by atoms with Gasteiger partial charge in [-0.05, 0) is 0 Å². The van der Waals surface area contributed by atoms with Gasteiger partial charge in [0.25, 0.3) is 17.9 Å². The molecule has 198 valence electrons. The van der Waals surface area contributed by atoms with E-state index in [4.69, 9.17) is 45.0 Å². The molecule has 0 aliphatic carbocycles. The van der Waals surface area contributed by atoms with Crippen molar-refractivity contribution in [2.45, 2.75) is 20.8 Å². The zero-order chi connectivity index (χ0) is 27.3. The molecule has 0 bridgehead atoms. The van der Waals surface area contributed by atoms with Gasteiger partial charge in [0.05, 0.1) is 13.1 Å². The highest BCUT2D eigenvalue weighted by molar-refractivity contribution is 5.70. The monoisotopic (exact) mass is 498 g/mol. The van der Waals surface area contributed by atoms with Crippen LogP contribution in [0.5, 0.6) is 0 Å². The molecule has 0 saturated carbocycles. The summed E-state index contributed by atoms with van der Waals surface area (Å²) in [5, 5.41) is 50.4. The fraction of sp³-hybridized carbons (Fsp3) is 0.667. The summed E-state index contributed by atoms with van der Waals surface area (Å²) in [6.45, 7) is 5.22. The fourth-order valence-corrected chi connectivity index (χ4v) is 2.21. The molecule has 0 spiro atoms. The van der Waals surface area contributed by atoms with Gasteiger partial charge in [0.1, 0.15) is 6.54 Å². The second-order valence-corrected chi connectivity index (χ2v) is 6.62. The van der Waals surface area contributed by atoms with E-state index in [9.17, 15) is 14.4 Å². The zero-order valence-corrected chi connectivity index (χ0v) is 19.3. The summed E-state index contributed by atoms with van der Waals surface area (Å²) in [6.07, 6.45) is 0. The van der Waals surface area contributed by atoms with Crippen molar-refractivity contribution < 1.29 is 59.4 Å². The molecular formula is C18H34N4O12. The molecule has 0 radical (unpaired) electrons. The van der Waals surface area contributed by atoms with E-state index >= 15 is 0 Å². The lowest BCUT2D eigenvalue weighted by molar-refractivity contribution is -0.141. The lowest BCUT2D eigenvalue weighted by Crippen LogP contribution is -2.52. The van der Waals surface area contributed by atoms with Crippen molar-refractivity contribution in [3.8, 4) is 0 Å². The number of nitrogens with one attached hydrogen (secondary N) is 1. The van der Waals surface area contributed by atoms with E-state index in [1.165, 1.54) is 5.01 Å². The summed E-state index contributed by atoms with van der Waals surface area (Å²) in [7, 11) is 0. The predicted octanol–water partition coefficient (Wildman–Crippen LogP) is -2.06. The van der Waals surface area contributed by atoms with Gasteiger partial charge < -0.3 is 30.6 Å². The molecule has 0 atom stereocenters. The topological polar surface area (TPSA) is 246 Å². The summed E-state index contributed by atoms with van der Waals surface area (Å²) in [4.78, 5) is 62.9. The van der Waals surface area contributed by atoms with Gasteiger partial charge in [0.15, 0.2) is 0 Å². The van der Waals surface area contributed by atoms with Gasteiger partial charge in [-0.3, -0.25) is 44.0 Å². The number of nitrogens with zero attached hydrogens (tertiary/aromatic N) is 3. The molecule has 1 fully saturated rings. The molecule has 1 rings (SSSR count). The fourth-order valence-electron chi connectivity index (χ4n) is 2.21. The number of carboxylic acids is 6. The van der Waals surface area contributed by atoms with E-state index in [0.29, 0.717) is 39.3 Å². The molecule has 1 saturated heterocycles. The average molecular weight is 498 g/mol. The maximum Gasteiger partial charge on any atom is 0.319 e. The van der Waals surface area contributed by atoms with Crippen LogP contribution in [0.2, 0.25) is 0 Å². The van der Waals surface area contributed by atoms with Crippen LogP contribution < -0.4 is 5.43 Å². The Morgan fingerprint density at radius 2 is 0.853 bits per heavy atom. The normalized spacial score (nSPS) is 14.9. The summed E-state index contributed by atoms with van der Waals surface area (Å²) in [6, 6.07) is 0. The van der Waals surface area contributed by atoms with E-state index in [0.717, 1.165) is 20.8 Å². The van der Waals surface area contributed by atoms with Gasteiger partial charge in [-0.2, -0.15) is 0 Å². The van der Waals surface area contributed by atoms with Gasteiger partial charge in [-0.15, -0.1) is 0 Å². The third kappa shape index (κ3) is 36.1. The van der Waals surface area contributed by atoms with E-state index in [1.807, 2.05) is 0 Å². The van der Waals surface area contributed by atoms with Crippen LogP contribution in [-0.2, 0) is 28.8 Å². The largest absolute Gasteiger partial charge is 0.481 e. The van der Waals surface area contributed by atoms with Gasteiger partial charge in [-0.25, -0.2) is 5.01 Å². The maximum atomic E-state index is 10.9. The van der Waals surface area contributed by atoms with Crippen LogP contribution in [0.3, 0.4) is 0 Å². The minimum Gasteiger partial charge on any atom is -0.481 e. The smallest absolute Gasteiger partial charge is 0.319 e. The molecular weight excluding hydrogens is 464 g/mol. The second kappa shape index (κ2) is 21.5. The average Bonchev–Trinajstić information content (AvgIpc) is 2.60. The summed E-state index contributed by atoms with van der Waals surface area (Å²) in [5.74, 6) is -5.42. The molecule has 34 heavy (non-hydrogen) atoms. The minimum absolute atomic E-state index is 0.137. The third-order valence-corrected chi connectivity index (χ3v) is 3.23. The van der Waals surface area contributed by atoms with Crippen LogP contribution in [0, 0.1) is 0 Å². The highest BCUT2D eigenvalue weighted by atomic mass is 16.4. The van der Waals surface area contributed by atoms with Crippen molar-refractivity contribution in [1.29, 1.82) is 0 Å². The van der Waals surface area contributed by atoms with Crippen molar-refractivity contribution in [2.75, 3.05) is 58.9 Å². The Kier molecular flexibility index (Phi) is 22.3. The zero-order valence-electron chi connectivity index (χ0n) is 19.3. The first-order chi connectivity index (χ1) is 15.6. The van der Waals surface area contributed by atoms with Gasteiger partial charge in [-0.1, -0.05) is 0 Å². The summed E-state index contributed by atoms with van der Waals surface area (Å²) < 4.78 is 0. The molecule has 0 unspecified atom stereocenters. The number of rotatable bonds is 6. The first kappa shape index (κ1) is 35.3. The Labute approximate surface area is 195 Å². The number of hydrogen-bond donors (Lipinski definition) is 7. The van der Waals surface area contributed by atoms with Crippen LogP contribution in [0.25, 0.3) is 0 Å². The molecule has 0 amide bonds. The third-order valence-electron chi connectivity index (χ3n) is 3.23. The first-order valence-electron chi connectivity index (χ1n) is 9.73. The number of carbonyl (C=O) groups is 6. The van der Waals surface area contributed by atoms with Crippen LogP contribution in [0.4, 0.5) is 0 Å². The van der Waals surface area contributed by atoms with Crippen LogP contribution in [-0.4, -0.2) is 140 Å². The highest BCUT2D eigenvalue weighted by Crippen LogP contribution is 1.97. The van der Waals surface area contributed by atoms with E-state index in [-0.39, 0.29) is 19.6 Å². The van der Waals surface area contributed by atoms with Crippen molar-refractivity contribution in [1.82, 2.24) is 20.2 Å². The lowest BCUT2D eigenvalue weighted by atomic mass is 10.3. The molecule has 16 nitrogen and oxygen atoms in total. The Bertz CT molecular complexity index is 590. The van der Waals surface area contributed by atoms with Crippen molar-refractivity contribution in [3.63, 3.8) is 0 Å². The molecule has 16 heteroatoms. The number of aliphatic carboxylic acids is 6. The van der Waals surface area contributed by atoms with E-state index in [2.05, 4.69) is 5.43 Å². The molecule has 7 N–H and O–H groups in total. The molecule has 1 heterocycles. The summed E-state index contributed by atoms with van der Waals surface area (Å²) in [5.41, 5.74) is 2.94. The SMILES string of the molecule is CC(=O)O.CC(=O)O.CC(=O)O.O=C(O)CN1CCNN(CC(=O)O)CCN(CC(=O)O)CC1. The Hall–Kier alpha value is -3.34. The van der Waals surface area contributed by atoms with E-state index < -0.39 is 35.8 Å². The minimum atomic E-state index is -0.989. The Balaban J connectivity index is -0.000000661. The van der Waals surface area contributed by atoms with Crippen LogP contribution >= 0.6 is 0 Å². The molecule has 1 aliphatic heterocycles. The molecule has 1 aliphatic rings. The van der Waals surface area contributed by atoms with Gasteiger partial charge >= 0.3 is 17.9 Å². The van der Waals surface area contributed by atoms with Gasteiger partial charge in [0.2, 0.25) is 0 Å². The quantitative estimate of drug-likeness (QED) is 0.208. The van der Waals surface area contributed by atoms with Crippen molar-refractivity contribution >= 4 is 35.8 Å².